The van der Waals surface area contributed by atoms with Crippen molar-refractivity contribution in [1.29, 1.82) is 0 Å². The van der Waals surface area contributed by atoms with E-state index in [1.165, 1.54) is 0 Å². The van der Waals surface area contributed by atoms with Crippen molar-refractivity contribution in [2.45, 2.75) is 32.3 Å². The van der Waals surface area contributed by atoms with Gasteiger partial charge in [-0.15, -0.1) is 0 Å². The number of carbonyl (C=O) groups is 1. The molecule has 0 radical (unpaired) electrons. The number of halogens is 1. The van der Waals surface area contributed by atoms with Gasteiger partial charge in [-0.2, -0.15) is 0 Å². The van der Waals surface area contributed by atoms with Gasteiger partial charge in [0.2, 0.25) is 0 Å². The summed E-state index contributed by atoms with van der Waals surface area (Å²) in [6, 6.07) is 5.73. The van der Waals surface area contributed by atoms with Crippen LogP contribution in [0.2, 0.25) is 0 Å². The molecule has 1 aliphatic heterocycles. The summed E-state index contributed by atoms with van der Waals surface area (Å²) >= 11 is 3.44. The van der Waals surface area contributed by atoms with Crippen molar-refractivity contribution in [3.63, 3.8) is 0 Å². The van der Waals surface area contributed by atoms with E-state index in [9.17, 15) is 4.79 Å². The predicted octanol–water partition coefficient (Wildman–Crippen LogP) is 3.82. The molecule has 5 nitrogen and oxygen atoms in total. The molecule has 2 aromatic rings. The Balaban J connectivity index is 1.44. The molecule has 0 spiro atoms. The van der Waals surface area contributed by atoms with Crippen LogP contribution in [-0.4, -0.2) is 38.4 Å². The Morgan fingerprint density at radius 1 is 1.46 bits per heavy atom. The molecule has 1 amide bonds. The Kier molecular flexibility index (Phi) is 5.92. The van der Waals surface area contributed by atoms with Crippen LogP contribution in [0.5, 0.6) is 0 Å². The van der Waals surface area contributed by atoms with Gasteiger partial charge >= 0.3 is 0 Å². The van der Waals surface area contributed by atoms with E-state index in [1.54, 1.807) is 0 Å². The predicted molar refractivity (Wildman–Crippen MR) is 95.4 cm³/mol. The molecule has 130 valence electrons. The minimum Gasteiger partial charge on any atom is -0.451 e. The molecule has 1 unspecified atom stereocenters. The van der Waals surface area contributed by atoms with Crippen LogP contribution >= 0.6 is 15.9 Å². The number of furan rings is 1. The lowest BCUT2D eigenvalue weighted by Gasteiger charge is -2.10. The fraction of sp³-hybridized carbons (Fsp3) is 0.500. The summed E-state index contributed by atoms with van der Waals surface area (Å²) < 4.78 is 17.7. The minimum atomic E-state index is -0.182. The number of ether oxygens (including phenoxy) is 2. The summed E-state index contributed by atoms with van der Waals surface area (Å²) in [7, 11) is 0. The number of carbonyl (C=O) groups excluding carboxylic acids is 1. The molecular weight excluding hydrogens is 374 g/mol. The average molecular weight is 396 g/mol. The van der Waals surface area contributed by atoms with Crippen molar-refractivity contribution in [3.8, 4) is 0 Å². The maximum Gasteiger partial charge on any atom is 0.287 e. The lowest BCUT2D eigenvalue weighted by Crippen LogP contribution is -2.25. The van der Waals surface area contributed by atoms with E-state index in [0.717, 1.165) is 46.9 Å². The summed E-state index contributed by atoms with van der Waals surface area (Å²) in [5, 5.41) is 3.84. The second-order valence-corrected chi connectivity index (χ2v) is 6.93. The molecule has 1 aromatic heterocycles. The van der Waals surface area contributed by atoms with Gasteiger partial charge in [0.15, 0.2) is 5.76 Å². The van der Waals surface area contributed by atoms with Crippen LogP contribution in [0, 0.1) is 6.92 Å². The standard InChI is InChI=1S/C18H22BrNO4/c1-12-15-10-13(19)5-6-16(15)24-17(12)18(21)20-7-3-8-22-11-14-4-2-9-23-14/h5-6,10,14H,2-4,7-9,11H2,1H3,(H,20,21). The Labute approximate surface area is 149 Å². The molecule has 24 heavy (non-hydrogen) atoms. The molecule has 1 N–H and O–H groups in total. The first-order valence-electron chi connectivity index (χ1n) is 8.31. The Morgan fingerprint density at radius 2 is 2.33 bits per heavy atom. The summed E-state index contributed by atoms with van der Waals surface area (Å²) in [5.74, 6) is 0.197. The first-order valence-corrected chi connectivity index (χ1v) is 9.10. The lowest BCUT2D eigenvalue weighted by atomic mass is 10.1. The summed E-state index contributed by atoms with van der Waals surface area (Å²) in [4.78, 5) is 12.3. The molecule has 1 saturated heterocycles. The first kappa shape index (κ1) is 17.5. The van der Waals surface area contributed by atoms with Gasteiger partial charge in [-0.3, -0.25) is 4.79 Å². The molecule has 6 heteroatoms. The van der Waals surface area contributed by atoms with Gasteiger partial charge in [-0.05, 0) is 44.4 Å². The third kappa shape index (κ3) is 4.18. The van der Waals surface area contributed by atoms with E-state index in [-0.39, 0.29) is 12.0 Å². The Bertz CT molecular complexity index is 706. The van der Waals surface area contributed by atoms with Crippen LogP contribution in [-0.2, 0) is 9.47 Å². The van der Waals surface area contributed by atoms with Gasteiger partial charge in [-0.1, -0.05) is 15.9 Å². The van der Waals surface area contributed by atoms with Crippen LogP contribution in [0.25, 0.3) is 11.0 Å². The molecule has 1 aromatic carbocycles. The second kappa shape index (κ2) is 8.14. The van der Waals surface area contributed by atoms with Crippen molar-refractivity contribution in [2.24, 2.45) is 0 Å². The smallest absolute Gasteiger partial charge is 0.287 e. The number of aryl methyl sites for hydroxylation is 1. The van der Waals surface area contributed by atoms with Gasteiger partial charge in [0, 0.05) is 35.2 Å². The monoisotopic (exact) mass is 395 g/mol. The minimum absolute atomic E-state index is 0.182. The second-order valence-electron chi connectivity index (χ2n) is 6.02. The molecule has 2 heterocycles. The van der Waals surface area contributed by atoms with Crippen LogP contribution in [0.3, 0.4) is 0 Å². The highest BCUT2D eigenvalue weighted by atomic mass is 79.9. The highest BCUT2D eigenvalue weighted by Gasteiger charge is 2.17. The molecule has 1 fully saturated rings. The number of fused-ring (bicyclic) bond motifs is 1. The Hall–Kier alpha value is -1.37. The molecule has 1 aliphatic rings. The molecule has 0 saturated carbocycles. The zero-order valence-corrected chi connectivity index (χ0v) is 15.4. The quantitative estimate of drug-likeness (QED) is 0.723. The zero-order valence-electron chi connectivity index (χ0n) is 13.8. The number of rotatable bonds is 7. The van der Waals surface area contributed by atoms with Crippen molar-refractivity contribution in [1.82, 2.24) is 5.32 Å². The molecule has 0 bridgehead atoms. The van der Waals surface area contributed by atoms with Gasteiger partial charge in [-0.25, -0.2) is 0 Å². The molecular formula is C18H22BrNO4. The summed E-state index contributed by atoms with van der Waals surface area (Å²) in [5.41, 5.74) is 1.58. The highest BCUT2D eigenvalue weighted by Crippen LogP contribution is 2.27. The summed E-state index contributed by atoms with van der Waals surface area (Å²) in [6.07, 6.45) is 3.22. The van der Waals surface area contributed by atoms with Crippen LogP contribution in [0.15, 0.2) is 27.1 Å². The largest absolute Gasteiger partial charge is 0.451 e. The molecule has 0 aliphatic carbocycles. The van der Waals surface area contributed by atoms with E-state index in [1.807, 2.05) is 25.1 Å². The van der Waals surface area contributed by atoms with Gasteiger partial charge in [0.05, 0.1) is 12.7 Å². The highest BCUT2D eigenvalue weighted by molar-refractivity contribution is 9.10. The Morgan fingerprint density at radius 3 is 3.12 bits per heavy atom. The van der Waals surface area contributed by atoms with E-state index in [4.69, 9.17) is 13.9 Å². The average Bonchev–Trinajstić information content (AvgIpc) is 3.19. The first-order chi connectivity index (χ1) is 11.6. The fourth-order valence-electron chi connectivity index (χ4n) is 2.86. The molecule has 1 atom stereocenters. The van der Waals surface area contributed by atoms with Crippen molar-refractivity contribution in [2.75, 3.05) is 26.4 Å². The van der Waals surface area contributed by atoms with Crippen molar-refractivity contribution < 1.29 is 18.7 Å². The lowest BCUT2D eigenvalue weighted by molar-refractivity contribution is 0.0166. The SMILES string of the molecule is Cc1c(C(=O)NCCCOCC2CCCO2)oc2ccc(Br)cc12. The third-order valence-corrected chi connectivity index (χ3v) is 4.68. The topological polar surface area (TPSA) is 60.7 Å². The van der Waals surface area contributed by atoms with E-state index < -0.39 is 0 Å². The van der Waals surface area contributed by atoms with Gasteiger partial charge < -0.3 is 19.2 Å². The van der Waals surface area contributed by atoms with Crippen LogP contribution < -0.4 is 5.32 Å². The maximum atomic E-state index is 12.3. The van der Waals surface area contributed by atoms with Crippen LogP contribution in [0.1, 0.15) is 35.4 Å². The normalized spacial score (nSPS) is 17.5. The number of nitrogens with one attached hydrogen (secondary N) is 1. The maximum absolute atomic E-state index is 12.3. The summed E-state index contributed by atoms with van der Waals surface area (Å²) in [6.45, 7) is 4.57. The van der Waals surface area contributed by atoms with Crippen LogP contribution in [0.4, 0.5) is 0 Å². The number of hydrogen-bond acceptors (Lipinski definition) is 4. The van der Waals surface area contributed by atoms with E-state index in [2.05, 4.69) is 21.2 Å². The zero-order chi connectivity index (χ0) is 16.9. The number of amides is 1. The van der Waals surface area contributed by atoms with Gasteiger partial charge in [0.25, 0.3) is 5.91 Å². The number of benzene rings is 1. The third-order valence-electron chi connectivity index (χ3n) is 4.18. The molecule has 3 rings (SSSR count). The number of hydrogen-bond donors (Lipinski definition) is 1. The fourth-order valence-corrected chi connectivity index (χ4v) is 3.22. The van der Waals surface area contributed by atoms with Crippen molar-refractivity contribution in [3.05, 3.63) is 34.0 Å². The van der Waals surface area contributed by atoms with Crippen molar-refractivity contribution >= 4 is 32.8 Å². The van der Waals surface area contributed by atoms with E-state index >= 15 is 0 Å². The van der Waals surface area contributed by atoms with E-state index in [0.29, 0.717) is 25.5 Å². The van der Waals surface area contributed by atoms with Gasteiger partial charge in [0.1, 0.15) is 5.58 Å².